The van der Waals surface area contributed by atoms with E-state index in [0.29, 0.717) is 0 Å². The number of para-hydroxylation sites is 1. The van der Waals surface area contributed by atoms with Gasteiger partial charge in [0.05, 0.1) is 9.77 Å². The summed E-state index contributed by atoms with van der Waals surface area (Å²) in [5.74, 6) is -1.24. The number of hydrogen-bond donors (Lipinski definition) is 0. The summed E-state index contributed by atoms with van der Waals surface area (Å²) in [6, 6.07) is 3.72. The largest absolute Gasteiger partial charge is 0.234 e. The van der Waals surface area contributed by atoms with Crippen LogP contribution in [0, 0.1) is 15.2 Å². The van der Waals surface area contributed by atoms with Gasteiger partial charge in [-0.15, -0.1) is 0 Å². The molecule has 0 N–H and O–H groups in total. The quantitative estimate of drug-likeness (QED) is 0.741. The molecule has 2 nitrogen and oxygen atoms in total. The maximum atomic E-state index is 13.2. The molecule has 0 saturated heterocycles. The highest BCUT2D eigenvalue weighted by Crippen LogP contribution is 2.17. The van der Waals surface area contributed by atoms with Gasteiger partial charge in [-0.05, 0) is 34.7 Å². The lowest BCUT2D eigenvalue weighted by molar-refractivity contribution is 0.560. The second-order valence-electron chi connectivity index (χ2n) is 2.67. The number of nitrogens with zero attached hydrogens (tertiary/aromatic N) is 2. The Bertz CT molecular complexity index is 447. The Morgan fingerprint density at radius 2 is 1.86 bits per heavy atom. The van der Waals surface area contributed by atoms with Gasteiger partial charge < -0.3 is 0 Å². The molecule has 0 aliphatic rings. The SMILES string of the molecule is Fc1cccc(F)c1-n1cc(I)cn1. The summed E-state index contributed by atoms with van der Waals surface area (Å²) >= 11 is 2.02. The molecule has 0 bridgehead atoms. The minimum atomic E-state index is -0.621. The molecule has 14 heavy (non-hydrogen) atoms. The minimum Gasteiger partial charge on any atom is -0.234 e. The van der Waals surface area contributed by atoms with E-state index in [1.165, 1.54) is 29.1 Å². The molecular formula is C9H5F2IN2. The Labute approximate surface area is 92.7 Å². The van der Waals surface area contributed by atoms with Crippen LogP contribution in [0.25, 0.3) is 5.69 Å². The predicted octanol–water partition coefficient (Wildman–Crippen LogP) is 2.76. The fourth-order valence-corrected chi connectivity index (χ4v) is 1.52. The third kappa shape index (κ3) is 1.63. The topological polar surface area (TPSA) is 17.8 Å². The van der Waals surface area contributed by atoms with E-state index < -0.39 is 11.6 Å². The van der Waals surface area contributed by atoms with E-state index in [0.717, 1.165) is 3.57 Å². The van der Waals surface area contributed by atoms with Gasteiger partial charge in [0.1, 0.15) is 5.69 Å². The molecule has 72 valence electrons. The van der Waals surface area contributed by atoms with Crippen LogP contribution in [0.15, 0.2) is 30.6 Å². The van der Waals surface area contributed by atoms with Gasteiger partial charge in [0.2, 0.25) is 0 Å². The van der Waals surface area contributed by atoms with Crippen molar-refractivity contribution in [2.45, 2.75) is 0 Å². The normalized spacial score (nSPS) is 10.5. The van der Waals surface area contributed by atoms with Crippen molar-refractivity contribution in [3.8, 4) is 5.69 Å². The lowest BCUT2D eigenvalue weighted by Gasteiger charge is -2.03. The van der Waals surface area contributed by atoms with E-state index >= 15 is 0 Å². The molecule has 2 rings (SSSR count). The summed E-state index contributed by atoms with van der Waals surface area (Å²) in [6.45, 7) is 0. The Kier molecular flexibility index (Phi) is 2.49. The molecule has 0 saturated carbocycles. The monoisotopic (exact) mass is 306 g/mol. The van der Waals surface area contributed by atoms with Gasteiger partial charge in [-0.25, -0.2) is 13.5 Å². The van der Waals surface area contributed by atoms with Gasteiger partial charge in [0.25, 0.3) is 0 Å². The standard InChI is InChI=1S/C9H5F2IN2/c10-7-2-1-3-8(11)9(7)14-5-6(12)4-13-14/h1-5H. The first-order chi connectivity index (χ1) is 6.68. The highest BCUT2D eigenvalue weighted by molar-refractivity contribution is 14.1. The molecule has 0 radical (unpaired) electrons. The average molecular weight is 306 g/mol. The highest BCUT2D eigenvalue weighted by Gasteiger charge is 2.10. The van der Waals surface area contributed by atoms with Crippen molar-refractivity contribution >= 4 is 22.6 Å². The zero-order valence-electron chi connectivity index (χ0n) is 6.92. The fraction of sp³-hybridized carbons (Fsp3) is 0. The molecule has 1 heterocycles. The van der Waals surface area contributed by atoms with Crippen LogP contribution in [0.5, 0.6) is 0 Å². The number of benzene rings is 1. The van der Waals surface area contributed by atoms with Crippen LogP contribution < -0.4 is 0 Å². The van der Waals surface area contributed by atoms with Crippen molar-refractivity contribution in [3.63, 3.8) is 0 Å². The molecule has 0 spiro atoms. The zero-order chi connectivity index (χ0) is 10.1. The molecule has 0 amide bonds. The lowest BCUT2D eigenvalue weighted by atomic mass is 10.3. The third-order valence-electron chi connectivity index (χ3n) is 1.72. The van der Waals surface area contributed by atoms with Gasteiger partial charge >= 0.3 is 0 Å². The first-order valence-corrected chi connectivity index (χ1v) is 4.91. The molecule has 0 unspecified atom stereocenters. The molecule has 1 aromatic heterocycles. The van der Waals surface area contributed by atoms with Crippen LogP contribution >= 0.6 is 22.6 Å². The summed E-state index contributed by atoms with van der Waals surface area (Å²) < 4.78 is 28.5. The van der Waals surface area contributed by atoms with Gasteiger partial charge in [0, 0.05) is 6.20 Å². The van der Waals surface area contributed by atoms with Gasteiger partial charge in [-0.2, -0.15) is 5.10 Å². The van der Waals surface area contributed by atoms with Crippen LogP contribution in [0.1, 0.15) is 0 Å². The molecule has 0 atom stereocenters. The zero-order valence-corrected chi connectivity index (χ0v) is 9.07. The maximum absolute atomic E-state index is 13.2. The molecule has 0 aliphatic carbocycles. The molecular weight excluding hydrogens is 301 g/mol. The van der Waals surface area contributed by atoms with Crippen molar-refractivity contribution in [1.82, 2.24) is 9.78 Å². The van der Waals surface area contributed by atoms with Crippen LogP contribution in [-0.2, 0) is 0 Å². The number of hydrogen-bond acceptors (Lipinski definition) is 1. The number of halogens is 3. The summed E-state index contributed by atoms with van der Waals surface area (Å²) in [5, 5.41) is 3.84. The smallest absolute Gasteiger partial charge is 0.151 e. The number of aromatic nitrogens is 2. The highest BCUT2D eigenvalue weighted by atomic mass is 127. The summed E-state index contributed by atoms with van der Waals surface area (Å²) in [6.07, 6.45) is 3.09. The fourth-order valence-electron chi connectivity index (χ4n) is 1.13. The predicted molar refractivity (Wildman–Crippen MR) is 56.2 cm³/mol. The second-order valence-corrected chi connectivity index (χ2v) is 3.92. The van der Waals surface area contributed by atoms with Crippen LogP contribution in [-0.4, -0.2) is 9.78 Å². The second kappa shape index (κ2) is 3.64. The van der Waals surface area contributed by atoms with E-state index in [2.05, 4.69) is 5.10 Å². The van der Waals surface area contributed by atoms with E-state index in [1.807, 2.05) is 22.6 Å². The van der Waals surface area contributed by atoms with Gasteiger partial charge in [-0.3, -0.25) is 0 Å². The molecule has 0 aliphatic heterocycles. The first-order valence-electron chi connectivity index (χ1n) is 3.83. The average Bonchev–Trinajstić information content (AvgIpc) is 2.51. The van der Waals surface area contributed by atoms with Crippen LogP contribution in [0.4, 0.5) is 8.78 Å². The van der Waals surface area contributed by atoms with Crippen LogP contribution in [0.3, 0.4) is 0 Å². The minimum absolute atomic E-state index is 0.143. The van der Waals surface area contributed by atoms with Crippen molar-refractivity contribution in [2.24, 2.45) is 0 Å². The Morgan fingerprint density at radius 3 is 2.36 bits per heavy atom. The van der Waals surface area contributed by atoms with Crippen molar-refractivity contribution in [1.29, 1.82) is 0 Å². The van der Waals surface area contributed by atoms with Gasteiger partial charge in [-0.1, -0.05) is 6.07 Å². The molecule has 2 aromatic rings. The third-order valence-corrected chi connectivity index (χ3v) is 2.27. The molecule has 1 aromatic carbocycles. The molecule has 5 heteroatoms. The Hall–Kier alpha value is -0.980. The van der Waals surface area contributed by atoms with Crippen LogP contribution in [0.2, 0.25) is 0 Å². The van der Waals surface area contributed by atoms with E-state index in [1.54, 1.807) is 6.20 Å². The van der Waals surface area contributed by atoms with Crippen molar-refractivity contribution in [3.05, 3.63) is 45.8 Å². The lowest BCUT2D eigenvalue weighted by Crippen LogP contribution is -2.01. The summed E-state index contributed by atoms with van der Waals surface area (Å²) in [4.78, 5) is 0. The number of rotatable bonds is 1. The van der Waals surface area contributed by atoms with E-state index in [9.17, 15) is 8.78 Å². The Morgan fingerprint density at radius 1 is 1.21 bits per heavy atom. The maximum Gasteiger partial charge on any atom is 0.151 e. The summed E-state index contributed by atoms with van der Waals surface area (Å²) in [5.41, 5.74) is -0.143. The van der Waals surface area contributed by atoms with Crippen molar-refractivity contribution in [2.75, 3.05) is 0 Å². The Balaban J connectivity index is 2.61. The first kappa shape index (κ1) is 9.57. The van der Waals surface area contributed by atoms with E-state index in [4.69, 9.17) is 0 Å². The molecule has 0 fully saturated rings. The van der Waals surface area contributed by atoms with Gasteiger partial charge in [0.15, 0.2) is 11.6 Å². The van der Waals surface area contributed by atoms with Crippen molar-refractivity contribution < 1.29 is 8.78 Å². The van der Waals surface area contributed by atoms with E-state index in [-0.39, 0.29) is 5.69 Å². The summed E-state index contributed by atoms with van der Waals surface area (Å²) in [7, 11) is 0.